The van der Waals surface area contributed by atoms with E-state index in [9.17, 15) is 13.2 Å². The van der Waals surface area contributed by atoms with Gasteiger partial charge in [0, 0.05) is 5.56 Å². The van der Waals surface area contributed by atoms with Crippen LogP contribution in [0.25, 0.3) is 0 Å². The quantitative estimate of drug-likeness (QED) is 0.437. The number of hydrogen-bond acceptors (Lipinski definition) is 4. The first kappa shape index (κ1) is 23.6. The van der Waals surface area contributed by atoms with E-state index in [-0.39, 0.29) is 28.6 Å². The van der Waals surface area contributed by atoms with Gasteiger partial charge in [-0.2, -0.15) is 0 Å². The highest BCUT2D eigenvalue weighted by molar-refractivity contribution is 7.92. The molecule has 3 aromatic rings. The molecule has 0 spiro atoms. The zero-order valence-corrected chi connectivity index (χ0v) is 19.5. The number of hydrogen-bond donors (Lipinski definition) is 2. The predicted octanol–water partition coefficient (Wildman–Crippen LogP) is 4.82. The lowest BCUT2D eigenvalue weighted by molar-refractivity contribution is 0.0947. The van der Waals surface area contributed by atoms with Crippen LogP contribution in [0.4, 0.5) is 5.69 Å². The van der Waals surface area contributed by atoms with Crippen molar-refractivity contribution in [3.05, 3.63) is 88.4 Å². The zero-order chi connectivity index (χ0) is 23.1. The third kappa shape index (κ3) is 6.02. The summed E-state index contributed by atoms with van der Waals surface area (Å²) < 4.78 is 33.9. The van der Waals surface area contributed by atoms with Gasteiger partial charge in [-0.3, -0.25) is 9.52 Å². The van der Waals surface area contributed by atoms with Crippen molar-refractivity contribution in [2.75, 3.05) is 17.9 Å². The molecular formula is C24H25ClN2O4S. The molecule has 8 heteroatoms. The summed E-state index contributed by atoms with van der Waals surface area (Å²) in [6.07, 6.45) is 0.954. The second-order valence-corrected chi connectivity index (χ2v) is 9.23. The monoisotopic (exact) mass is 472 g/mol. The molecule has 3 rings (SSSR count). The minimum atomic E-state index is -3.98. The lowest BCUT2D eigenvalue weighted by atomic mass is 10.2. The van der Waals surface area contributed by atoms with Crippen molar-refractivity contribution in [2.24, 2.45) is 0 Å². The second-order valence-electron chi connectivity index (χ2n) is 7.17. The third-order valence-corrected chi connectivity index (χ3v) is 6.71. The van der Waals surface area contributed by atoms with Gasteiger partial charge < -0.3 is 10.1 Å². The smallest absolute Gasteiger partial charge is 0.263 e. The predicted molar refractivity (Wildman–Crippen MR) is 127 cm³/mol. The van der Waals surface area contributed by atoms with E-state index in [1.165, 1.54) is 23.8 Å². The zero-order valence-electron chi connectivity index (χ0n) is 17.9. The Balaban J connectivity index is 1.63. The van der Waals surface area contributed by atoms with Crippen LogP contribution in [0.3, 0.4) is 0 Å². The number of sulfonamides is 1. The molecule has 0 atom stereocenters. The fraction of sp³-hybridized carbons (Fsp3) is 0.208. The Bertz CT molecular complexity index is 1190. The molecule has 0 aliphatic carbocycles. The Morgan fingerprint density at radius 1 is 1.03 bits per heavy atom. The molecule has 32 heavy (non-hydrogen) atoms. The fourth-order valence-electron chi connectivity index (χ4n) is 2.99. The Hall–Kier alpha value is -3.03. The minimum absolute atomic E-state index is 0.0292. The average Bonchev–Trinajstić information content (AvgIpc) is 2.78. The van der Waals surface area contributed by atoms with E-state index in [0.29, 0.717) is 5.69 Å². The number of benzene rings is 3. The molecule has 0 heterocycles. The molecule has 0 fully saturated rings. The summed E-state index contributed by atoms with van der Waals surface area (Å²) in [6, 6.07) is 18.9. The first-order valence-electron chi connectivity index (χ1n) is 10.2. The first-order valence-corrected chi connectivity index (χ1v) is 12.0. The number of para-hydroxylation sites is 1. The van der Waals surface area contributed by atoms with Crippen LogP contribution in [-0.2, 0) is 16.4 Å². The Labute approximate surface area is 193 Å². The summed E-state index contributed by atoms with van der Waals surface area (Å²) in [5.41, 5.74) is 2.62. The van der Waals surface area contributed by atoms with E-state index in [4.69, 9.17) is 16.3 Å². The lowest BCUT2D eigenvalue weighted by Gasteiger charge is -2.13. The molecule has 2 N–H and O–H groups in total. The molecule has 0 aliphatic heterocycles. The summed E-state index contributed by atoms with van der Waals surface area (Å²) in [5.74, 6) is 0.303. The van der Waals surface area contributed by atoms with Crippen molar-refractivity contribution in [3.63, 3.8) is 0 Å². The van der Waals surface area contributed by atoms with Gasteiger partial charge in [0.2, 0.25) is 0 Å². The molecule has 168 valence electrons. The number of carbonyl (C=O) groups is 1. The largest absolute Gasteiger partial charge is 0.492 e. The van der Waals surface area contributed by atoms with Crippen LogP contribution in [0.2, 0.25) is 5.02 Å². The summed E-state index contributed by atoms with van der Waals surface area (Å²) >= 11 is 6.14. The fourth-order valence-corrected chi connectivity index (χ4v) is 4.65. The van der Waals surface area contributed by atoms with Crippen molar-refractivity contribution >= 4 is 33.2 Å². The van der Waals surface area contributed by atoms with E-state index in [2.05, 4.69) is 17.0 Å². The van der Waals surface area contributed by atoms with Gasteiger partial charge in [0.1, 0.15) is 17.3 Å². The van der Waals surface area contributed by atoms with Gasteiger partial charge >= 0.3 is 0 Å². The number of carbonyl (C=O) groups excluding carboxylic acids is 1. The Morgan fingerprint density at radius 3 is 2.44 bits per heavy atom. The van der Waals surface area contributed by atoms with Crippen LogP contribution in [0.1, 0.15) is 28.4 Å². The van der Waals surface area contributed by atoms with E-state index < -0.39 is 15.9 Å². The van der Waals surface area contributed by atoms with Gasteiger partial charge in [-0.15, -0.1) is 0 Å². The van der Waals surface area contributed by atoms with Gasteiger partial charge in [0.05, 0.1) is 17.3 Å². The van der Waals surface area contributed by atoms with Gasteiger partial charge in [-0.05, 0) is 60.9 Å². The summed E-state index contributed by atoms with van der Waals surface area (Å²) in [6.45, 7) is 4.42. The maximum absolute atomic E-state index is 12.9. The highest BCUT2D eigenvalue weighted by atomic mass is 35.5. The number of nitrogens with one attached hydrogen (secondary N) is 2. The molecule has 0 radical (unpaired) electrons. The van der Waals surface area contributed by atoms with Crippen LogP contribution in [0.5, 0.6) is 5.75 Å². The van der Waals surface area contributed by atoms with Crippen LogP contribution < -0.4 is 14.8 Å². The maximum atomic E-state index is 12.9. The number of anilines is 1. The summed E-state index contributed by atoms with van der Waals surface area (Å²) in [7, 11) is -3.98. The van der Waals surface area contributed by atoms with Crippen LogP contribution >= 0.6 is 11.6 Å². The van der Waals surface area contributed by atoms with E-state index in [0.717, 1.165) is 17.7 Å². The molecular weight excluding hydrogens is 448 g/mol. The van der Waals surface area contributed by atoms with Gasteiger partial charge in [-0.25, -0.2) is 8.42 Å². The van der Waals surface area contributed by atoms with Crippen molar-refractivity contribution in [1.29, 1.82) is 0 Å². The average molecular weight is 473 g/mol. The SMILES string of the molecule is CCc1ccc(OCCNC(=O)c2ccc(Cl)c(S(=O)(=O)Nc3ccccc3C)c2)cc1. The number of ether oxygens (including phenoxy) is 1. The highest BCUT2D eigenvalue weighted by Gasteiger charge is 2.21. The number of amides is 1. The Morgan fingerprint density at radius 2 is 1.75 bits per heavy atom. The van der Waals surface area contributed by atoms with E-state index in [1.807, 2.05) is 30.3 Å². The standard InChI is InChI=1S/C24H25ClN2O4S/c1-3-18-8-11-20(12-9-18)31-15-14-26-24(28)19-10-13-21(25)23(16-19)32(29,30)27-22-7-5-4-6-17(22)2/h4-13,16,27H,3,14-15H2,1-2H3,(H,26,28). The summed E-state index contributed by atoms with van der Waals surface area (Å²) in [4.78, 5) is 12.4. The third-order valence-electron chi connectivity index (χ3n) is 4.86. The Kier molecular flexibility index (Phi) is 7.77. The van der Waals surface area contributed by atoms with Crippen molar-refractivity contribution in [3.8, 4) is 5.75 Å². The van der Waals surface area contributed by atoms with E-state index >= 15 is 0 Å². The molecule has 0 saturated heterocycles. The highest BCUT2D eigenvalue weighted by Crippen LogP contribution is 2.26. The van der Waals surface area contributed by atoms with Crippen LogP contribution in [0.15, 0.2) is 71.6 Å². The first-order chi connectivity index (χ1) is 15.3. The van der Waals surface area contributed by atoms with Crippen molar-refractivity contribution in [2.45, 2.75) is 25.2 Å². The topological polar surface area (TPSA) is 84.5 Å². The molecule has 0 unspecified atom stereocenters. The van der Waals surface area contributed by atoms with Gasteiger partial charge in [0.25, 0.3) is 15.9 Å². The second kappa shape index (κ2) is 10.5. The molecule has 6 nitrogen and oxygen atoms in total. The lowest BCUT2D eigenvalue weighted by Crippen LogP contribution is -2.28. The number of aryl methyl sites for hydroxylation is 2. The van der Waals surface area contributed by atoms with Crippen LogP contribution in [0, 0.1) is 6.92 Å². The van der Waals surface area contributed by atoms with Gasteiger partial charge in [0.15, 0.2) is 0 Å². The maximum Gasteiger partial charge on any atom is 0.263 e. The normalized spacial score (nSPS) is 11.1. The molecule has 0 bridgehead atoms. The van der Waals surface area contributed by atoms with Gasteiger partial charge in [-0.1, -0.05) is 48.9 Å². The van der Waals surface area contributed by atoms with Crippen molar-refractivity contribution in [1.82, 2.24) is 5.32 Å². The number of halogens is 1. The molecule has 1 amide bonds. The molecule has 0 saturated carbocycles. The van der Waals surface area contributed by atoms with Crippen molar-refractivity contribution < 1.29 is 17.9 Å². The summed E-state index contributed by atoms with van der Waals surface area (Å²) in [5, 5.41) is 2.76. The molecule has 0 aliphatic rings. The van der Waals surface area contributed by atoms with Crippen LogP contribution in [-0.4, -0.2) is 27.5 Å². The van der Waals surface area contributed by atoms with E-state index in [1.54, 1.807) is 25.1 Å². The molecule has 0 aromatic heterocycles. The minimum Gasteiger partial charge on any atom is -0.492 e. The number of rotatable bonds is 9. The molecule has 3 aromatic carbocycles.